The fourth-order valence-electron chi connectivity index (χ4n) is 1.22. The van der Waals surface area contributed by atoms with Crippen molar-refractivity contribution in [1.29, 1.82) is 0 Å². The van der Waals surface area contributed by atoms with E-state index in [-0.39, 0.29) is 17.5 Å². The molecule has 0 bridgehead atoms. The van der Waals surface area contributed by atoms with Gasteiger partial charge in [-0.1, -0.05) is 6.07 Å². The zero-order chi connectivity index (χ0) is 12.3. The minimum absolute atomic E-state index is 0.0842. The molecule has 0 unspecified atom stereocenters. The molecule has 1 N–H and O–H groups in total. The van der Waals surface area contributed by atoms with Crippen molar-refractivity contribution in [3.8, 4) is 0 Å². The molecule has 4 heteroatoms. The maximum Gasteiger partial charge on any atom is 0.335 e. The molecule has 0 fully saturated rings. The van der Waals surface area contributed by atoms with E-state index in [2.05, 4.69) is 0 Å². The largest absolute Gasteiger partial charge is 0.478 e. The quantitative estimate of drug-likeness (QED) is 0.847. The van der Waals surface area contributed by atoms with E-state index in [0.717, 1.165) is 0 Å². The highest BCUT2D eigenvalue weighted by atomic mass is 16.4. The number of benzene rings is 1. The van der Waals surface area contributed by atoms with Gasteiger partial charge in [0.25, 0.3) is 5.91 Å². The summed E-state index contributed by atoms with van der Waals surface area (Å²) >= 11 is 0. The number of hydrogen-bond donors (Lipinski definition) is 1. The summed E-state index contributed by atoms with van der Waals surface area (Å²) in [5.41, 5.74) is 0.527. The van der Waals surface area contributed by atoms with Crippen molar-refractivity contribution < 1.29 is 14.7 Å². The normalized spacial score (nSPS) is 10.2. The van der Waals surface area contributed by atoms with Gasteiger partial charge in [-0.05, 0) is 32.0 Å². The number of carbonyl (C=O) groups is 2. The third kappa shape index (κ3) is 2.59. The van der Waals surface area contributed by atoms with E-state index in [9.17, 15) is 9.59 Å². The van der Waals surface area contributed by atoms with E-state index in [0.29, 0.717) is 5.56 Å². The predicted octanol–water partition coefficient (Wildman–Crippen LogP) is 1.87. The van der Waals surface area contributed by atoms with E-state index in [1.165, 1.54) is 12.1 Å². The van der Waals surface area contributed by atoms with Crippen LogP contribution in [-0.4, -0.2) is 35.0 Å². The lowest BCUT2D eigenvalue weighted by atomic mass is 10.1. The Labute approximate surface area is 94.5 Å². The van der Waals surface area contributed by atoms with Crippen LogP contribution >= 0.6 is 0 Å². The van der Waals surface area contributed by atoms with Crippen LogP contribution in [0.25, 0.3) is 0 Å². The van der Waals surface area contributed by atoms with E-state index in [1.54, 1.807) is 24.1 Å². The summed E-state index contributed by atoms with van der Waals surface area (Å²) < 4.78 is 0. The highest BCUT2D eigenvalue weighted by molar-refractivity contribution is 5.97. The Balaban J connectivity index is 3.00. The van der Waals surface area contributed by atoms with Crippen LogP contribution in [0.1, 0.15) is 34.6 Å². The first kappa shape index (κ1) is 12.2. The fraction of sp³-hybridized carbons (Fsp3) is 0.333. The highest BCUT2D eigenvalue weighted by Crippen LogP contribution is 2.09. The van der Waals surface area contributed by atoms with Crippen molar-refractivity contribution in [3.63, 3.8) is 0 Å². The lowest BCUT2D eigenvalue weighted by Crippen LogP contribution is -2.33. The van der Waals surface area contributed by atoms with Crippen LogP contribution in [0.3, 0.4) is 0 Å². The second kappa shape index (κ2) is 4.79. The first-order chi connectivity index (χ1) is 7.43. The van der Waals surface area contributed by atoms with Crippen molar-refractivity contribution >= 4 is 11.9 Å². The molecule has 1 aromatic carbocycles. The topological polar surface area (TPSA) is 57.6 Å². The molecule has 1 aromatic rings. The average Bonchev–Trinajstić information content (AvgIpc) is 2.27. The van der Waals surface area contributed by atoms with Gasteiger partial charge in [0.2, 0.25) is 0 Å². The summed E-state index contributed by atoms with van der Waals surface area (Å²) in [6.07, 6.45) is 0. The first-order valence-corrected chi connectivity index (χ1v) is 5.04. The lowest BCUT2D eigenvalue weighted by Gasteiger charge is -2.21. The molecule has 86 valence electrons. The molecule has 0 saturated heterocycles. The smallest absolute Gasteiger partial charge is 0.335 e. The summed E-state index contributed by atoms with van der Waals surface area (Å²) in [5.74, 6) is -1.19. The number of rotatable bonds is 3. The SMILES string of the molecule is CC(C)N(C)C(=O)c1cccc(C(=O)O)c1. The third-order valence-electron chi connectivity index (χ3n) is 2.45. The van der Waals surface area contributed by atoms with Crippen molar-refractivity contribution in [2.24, 2.45) is 0 Å². The zero-order valence-corrected chi connectivity index (χ0v) is 9.60. The molecule has 0 heterocycles. The van der Waals surface area contributed by atoms with Gasteiger partial charge < -0.3 is 10.0 Å². The molecule has 0 saturated carbocycles. The minimum atomic E-state index is -1.03. The Bertz CT molecular complexity index is 412. The Morgan fingerprint density at radius 2 is 1.81 bits per heavy atom. The number of aromatic carboxylic acids is 1. The van der Waals surface area contributed by atoms with E-state index < -0.39 is 5.97 Å². The summed E-state index contributed by atoms with van der Waals surface area (Å²) in [6.45, 7) is 3.80. The molecule has 16 heavy (non-hydrogen) atoms. The molecule has 1 rings (SSSR count). The third-order valence-corrected chi connectivity index (χ3v) is 2.45. The van der Waals surface area contributed by atoms with Crippen molar-refractivity contribution in [2.75, 3.05) is 7.05 Å². The van der Waals surface area contributed by atoms with E-state index in [4.69, 9.17) is 5.11 Å². The molecule has 0 aliphatic rings. The monoisotopic (exact) mass is 221 g/mol. The number of amides is 1. The van der Waals surface area contributed by atoms with E-state index >= 15 is 0 Å². The van der Waals surface area contributed by atoms with Gasteiger partial charge in [-0.25, -0.2) is 4.79 Å². The maximum absolute atomic E-state index is 11.9. The number of carboxylic acid groups (broad SMARTS) is 1. The summed E-state index contributed by atoms with van der Waals surface area (Å²) in [5, 5.41) is 8.81. The number of carbonyl (C=O) groups excluding carboxylic acids is 1. The summed E-state index contributed by atoms with van der Waals surface area (Å²) in [4.78, 5) is 24.2. The van der Waals surface area contributed by atoms with Gasteiger partial charge in [-0.3, -0.25) is 4.79 Å². The standard InChI is InChI=1S/C12H15NO3/c1-8(2)13(3)11(14)9-5-4-6-10(7-9)12(15)16/h4-8H,1-3H3,(H,15,16). The van der Waals surface area contributed by atoms with Crippen LogP contribution < -0.4 is 0 Å². The molecule has 0 atom stereocenters. The van der Waals surface area contributed by atoms with Gasteiger partial charge in [0, 0.05) is 18.7 Å². The van der Waals surface area contributed by atoms with Gasteiger partial charge in [0.15, 0.2) is 0 Å². The van der Waals surface area contributed by atoms with Crippen LogP contribution in [0.2, 0.25) is 0 Å². The molecule has 4 nitrogen and oxygen atoms in total. The first-order valence-electron chi connectivity index (χ1n) is 5.04. The average molecular weight is 221 g/mol. The van der Waals surface area contributed by atoms with Gasteiger partial charge in [-0.15, -0.1) is 0 Å². The van der Waals surface area contributed by atoms with Crippen molar-refractivity contribution in [1.82, 2.24) is 4.90 Å². The van der Waals surface area contributed by atoms with Gasteiger partial charge in [-0.2, -0.15) is 0 Å². The molecule has 0 aromatic heterocycles. The molecule has 0 aliphatic carbocycles. The number of hydrogen-bond acceptors (Lipinski definition) is 2. The van der Waals surface area contributed by atoms with Crippen LogP contribution in [0.4, 0.5) is 0 Å². The van der Waals surface area contributed by atoms with E-state index in [1.807, 2.05) is 13.8 Å². The van der Waals surface area contributed by atoms with Gasteiger partial charge >= 0.3 is 5.97 Å². The molecule has 1 amide bonds. The summed E-state index contributed by atoms with van der Waals surface area (Å²) in [6, 6.07) is 6.14. The maximum atomic E-state index is 11.9. The van der Waals surface area contributed by atoms with Crippen molar-refractivity contribution in [3.05, 3.63) is 35.4 Å². The van der Waals surface area contributed by atoms with Gasteiger partial charge in [0.1, 0.15) is 0 Å². The Kier molecular flexibility index (Phi) is 3.66. The minimum Gasteiger partial charge on any atom is -0.478 e. The van der Waals surface area contributed by atoms with Crippen LogP contribution in [-0.2, 0) is 0 Å². The Hall–Kier alpha value is -1.84. The lowest BCUT2D eigenvalue weighted by molar-refractivity contribution is 0.0697. The summed E-state index contributed by atoms with van der Waals surface area (Å²) in [7, 11) is 1.69. The fourth-order valence-corrected chi connectivity index (χ4v) is 1.22. The second-order valence-electron chi connectivity index (χ2n) is 3.90. The molecular formula is C12H15NO3. The number of nitrogens with zero attached hydrogens (tertiary/aromatic N) is 1. The molecular weight excluding hydrogens is 206 g/mol. The zero-order valence-electron chi connectivity index (χ0n) is 9.60. The Morgan fingerprint density at radius 1 is 1.25 bits per heavy atom. The van der Waals surface area contributed by atoms with Gasteiger partial charge in [0.05, 0.1) is 5.56 Å². The van der Waals surface area contributed by atoms with Crippen molar-refractivity contribution in [2.45, 2.75) is 19.9 Å². The van der Waals surface area contributed by atoms with Crippen LogP contribution in [0.15, 0.2) is 24.3 Å². The Morgan fingerprint density at radius 3 is 2.31 bits per heavy atom. The molecule has 0 radical (unpaired) electrons. The second-order valence-corrected chi connectivity index (χ2v) is 3.90. The van der Waals surface area contributed by atoms with Crippen LogP contribution in [0, 0.1) is 0 Å². The predicted molar refractivity (Wildman–Crippen MR) is 60.6 cm³/mol. The molecule has 0 aliphatic heterocycles. The number of carboxylic acids is 1. The van der Waals surface area contributed by atoms with Crippen LogP contribution in [0.5, 0.6) is 0 Å². The highest BCUT2D eigenvalue weighted by Gasteiger charge is 2.15. The molecule has 0 spiro atoms.